The molecule has 0 spiro atoms. The Morgan fingerprint density at radius 2 is 2.08 bits per heavy atom. The Labute approximate surface area is 173 Å². The van der Waals surface area contributed by atoms with Crippen LogP contribution in [0.2, 0.25) is 5.28 Å². The van der Waals surface area contributed by atoms with Gasteiger partial charge in [-0.15, -0.1) is 0 Å². The summed E-state index contributed by atoms with van der Waals surface area (Å²) in [4.78, 5) is 20.4. The van der Waals surface area contributed by atoms with Gasteiger partial charge in [-0.3, -0.25) is 0 Å². The van der Waals surface area contributed by atoms with Crippen molar-refractivity contribution in [1.29, 1.82) is 0 Å². The first-order valence-corrected chi connectivity index (χ1v) is 10.0. The van der Waals surface area contributed by atoms with Crippen LogP contribution in [0.25, 0.3) is 0 Å². The molecular weight excluding hydrogens is 471 g/mol. The van der Waals surface area contributed by atoms with Gasteiger partial charge in [-0.25, -0.2) is 9.78 Å². The van der Waals surface area contributed by atoms with Crippen molar-refractivity contribution in [3.8, 4) is 0 Å². The van der Waals surface area contributed by atoms with Crippen LogP contribution < -0.4 is 10.6 Å². The fraction of sp³-hybridized carbons (Fsp3) is 0.706. The molecule has 0 aliphatic heterocycles. The van der Waals surface area contributed by atoms with E-state index in [1.807, 2.05) is 20.8 Å². The van der Waals surface area contributed by atoms with Crippen molar-refractivity contribution >= 4 is 46.1 Å². The number of aromatic nitrogens is 2. The van der Waals surface area contributed by atoms with Crippen LogP contribution in [-0.2, 0) is 9.47 Å². The van der Waals surface area contributed by atoms with Crippen LogP contribution in [0.5, 0.6) is 0 Å². The van der Waals surface area contributed by atoms with Gasteiger partial charge < -0.3 is 20.1 Å². The second-order valence-corrected chi connectivity index (χ2v) is 9.03. The lowest BCUT2D eigenvalue weighted by molar-refractivity contribution is 0.0437. The number of hydrogen-bond donors (Lipinski definition) is 2. The third kappa shape index (κ3) is 6.38. The normalized spacial score (nSPS) is 23.4. The zero-order chi connectivity index (χ0) is 19.4. The molecule has 1 aliphatic rings. The van der Waals surface area contributed by atoms with Gasteiger partial charge in [0.1, 0.15) is 11.4 Å². The summed E-state index contributed by atoms with van der Waals surface area (Å²) < 4.78 is 11.7. The number of amides is 1. The summed E-state index contributed by atoms with van der Waals surface area (Å²) in [5.74, 6) is 0.674. The Morgan fingerprint density at radius 3 is 2.65 bits per heavy atom. The molecule has 1 aromatic heterocycles. The van der Waals surface area contributed by atoms with E-state index in [0.29, 0.717) is 12.4 Å². The Hall–Kier alpha value is -0.870. The van der Waals surface area contributed by atoms with Crippen LogP contribution >= 0.6 is 34.2 Å². The molecule has 9 heteroatoms. The summed E-state index contributed by atoms with van der Waals surface area (Å²) in [6, 6.07) is 0. The molecule has 2 rings (SSSR count). The molecule has 7 nitrogen and oxygen atoms in total. The molecule has 1 aromatic rings. The number of methoxy groups -OCH3 is 1. The van der Waals surface area contributed by atoms with E-state index in [1.165, 1.54) is 0 Å². The van der Waals surface area contributed by atoms with Gasteiger partial charge in [-0.1, -0.05) is 0 Å². The molecule has 0 atom stereocenters. The van der Waals surface area contributed by atoms with Crippen molar-refractivity contribution in [3.05, 3.63) is 15.1 Å². The van der Waals surface area contributed by atoms with E-state index in [1.54, 1.807) is 13.3 Å². The fourth-order valence-electron chi connectivity index (χ4n) is 2.97. The van der Waals surface area contributed by atoms with Crippen LogP contribution in [0.3, 0.4) is 0 Å². The summed E-state index contributed by atoms with van der Waals surface area (Å²) >= 11 is 8.12. The minimum Gasteiger partial charge on any atom is -0.444 e. The number of anilines is 1. The van der Waals surface area contributed by atoms with Crippen molar-refractivity contribution in [2.45, 2.75) is 63.7 Å². The summed E-state index contributed by atoms with van der Waals surface area (Å²) in [5.41, 5.74) is -0.877. The molecule has 0 bridgehead atoms. The highest BCUT2D eigenvalue weighted by molar-refractivity contribution is 14.1. The van der Waals surface area contributed by atoms with Crippen LogP contribution in [0.15, 0.2) is 6.20 Å². The Kier molecular flexibility index (Phi) is 7.32. The highest BCUT2D eigenvalue weighted by Crippen LogP contribution is 2.33. The predicted octanol–water partition coefficient (Wildman–Crippen LogP) is 4.00. The van der Waals surface area contributed by atoms with Gasteiger partial charge in [-0.2, -0.15) is 4.98 Å². The molecule has 1 saturated carbocycles. The number of carbonyl (C=O) groups is 1. The molecule has 0 saturated heterocycles. The SMILES string of the molecule is CO[C@H]1CC[C@@](CNC(=O)OC(C)(C)C)(Nc2nc(Cl)ncc2I)CC1. The van der Waals surface area contributed by atoms with E-state index in [0.717, 1.165) is 29.3 Å². The first-order valence-electron chi connectivity index (χ1n) is 8.58. The van der Waals surface area contributed by atoms with Crippen LogP contribution in [0, 0.1) is 3.57 Å². The summed E-state index contributed by atoms with van der Waals surface area (Å²) in [5, 5.41) is 6.58. The van der Waals surface area contributed by atoms with Crippen molar-refractivity contribution in [3.63, 3.8) is 0 Å². The highest BCUT2D eigenvalue weighted by Gasteiger charge is 2.37. The van der Waals surface area contributed by atoms with Crippen molar-refractivity contribution in [2.75, 3.05) is 19.0 Å². The molecule has 1 heterocycles. The number of hydrogen-bond acceptors (Lipinski definition) is 6. The quantitative estimate of drug-likeness (QED) is 0.473. The number of nitrogens with one attached hydrogen (secondary N) is 2. The summed E-state index contributed by atoms with van der Waals surface area (Å²) in [7, 11) is 1.73. The van der Waals surface area contributed by atoms with Crippen LogP contribution in [-0.4, -0.2) is 47.0 Å². The zero-order valence-corrected chi connectivity index (χ0v) is 18.5. The summed E-state index contributed by atoms with van der Waals surface area (Å²) in [6.45, 7) is 5.96. The molecular formula is C17H26ClIN4O3. The lowest BCUT2D eigenvalue weighted by atomic mass is 9.80. The Morgan fingerprint density at radius 1 is 1.42 bits per heavy atom. The number of nitrogens with zero attached hydrogens (tertiary/aromatic N) is 2. The first-order chi connectivity index (χ1) is 12.1. The number of halogens is 2. The molecule has 0 aromatic carbocycles. The van der Waals surface area contributed by atoms with Gasteiger partial charge in [0.2, 0.25) is 5.28 Å². The number of alkyl carbamates (subject to hydrolysis) is 1. The van der Waals surface area contributed by atoms with Gasteiger partial charge >= 0.3 is 6.09 Å². The maximum atomic E-state index is 12.1. The van der Waals surface area contributed by atoms with E-state index in [4.69, 9.17) is 21.1 Å². The van der Waals surface area contributed by atoms with Crippen LogP contribution in [0.4, 0.5) is 10.6 Å². The standard InChI is InChI=1S/C17H26ClIN4O3/c1-16(2,3)26-15(24)21-10-17(7-5-11(25-4)6-8-17)23-13-12(19)9-20-14(18)22-13/h9,11H,5-8,10H2,1-4H3,(H,21,24)(H,20,22,23)/t11-,17+. The average molecular weight is 497 g/mol. The van der Waals surface area contributed by atoms with E-state index in [9.17, 15) is 4.79 Å². The molecule has 1 aliphatic carbocycles. The third-order valence-electron chi connectivity index (χ3n) is 4.29. The second kappa shape index (κ2) is 8.88. The monoisotopic (exact) mass is 496 g/mol. The molecule has 0 radical (unpaired) electrons. The van der Waals surface area contributed by atoms with Crippen molar-refractivity contribution in [2.24, 2.45) is 0 Å². The molecule has 0 unspecified atom stereocenters. The van der Waals surface area contributed by atoms with E-state index >= 15 is 0 Å². The van der Waals surface area contributed by atoms with Gasteiger partial charge in [-0.05, 0) is 80.6 Å². The van der Waals surface area contributed by atoms with Crippen molar-refractivity contribution in [1.82, 2.24) is 15.3 Å². The van der Waals surface area contributed by atoms with Gasteiger partial charge in [0.05, 0.1) is 15.2 Å². The van der Waals surface area contributed by atoms with Crippen molar-refractivity contribution < 1.29 is 14.3 Å². The van der Waals surface area contributed by atoms with E-state index in [2.05, 4.69) is 43.2 Å². The molecule has 26 heavy (non-hydrogen) atoms. The number of carbonyl (C=O) groups excluding carboxylic acids is 1. The Bertz CT molecular complexity index is 631. The molecule has 146 valence electrons. The minimum atomic E-state index is -0.534. The summed E-state index contributed by atoms with van der Waals surface area (Å²) in [6.07, 6.45) is 4.94. The third-order valence-corrected chi connectivity index (χ3v) is 5.26. The second-order valence-electron chi connectivity index (χ2n) is 7.53. The zero-order valence-electron chi connectivity index (χ0n) is 15.6. The van der Waals surface area contributed by atoms with E-state index in [-0.39, 0.29) is 16.9 Å². The van der Waals surface area contributed by atoms with Gasteiger partial charge in [0.25, 0.3) is 0 Å². The van der Waals surface area contributed by atoms with Gasteiger partial charge in [0, 0.05) is 19.9 Å². The maximum absolute atomic E-state index is 12.1. The molecule has 2 N–H and O–H groups in total. The number of ether oxygens (including phenoxy) is 2. The Balaban J connectivity index is 2.12. The smallest absolute Gasteiger partial charge is 0.407 e. The molecule has 1 fully saturated rings. The number of rotatable bonds is 5. The lowest BCUT2D eigenvalue weighted by Crippen LogP contribution is -2.52. The average Bonchev–Trinajstić information content (AvgIpc) is 2.56. The highest BCUT2D eigenvalue weighted by atomic mass is 127. The largest absolute Gasteiger partial charge is 0.444 e. The topological polar surface area (TPSA) is 85.4 Å². The van der Waals surface area contributed by atoms with Gasteiger partial charge in [0.15, 0.2) is 0 Å². The molecule has 1 amide bonds. The predicted molar refractivity (Wildman–Crippen MR) is 110 cm³/mol. The lowest BCUT2D eigenvalue weighted by Gasteiger charge is -2.41. The maximum Gasteiger partial charge on any atom is 0.407 e. The van der Waals surface area contributed by atoms with E-state index < -0.39 is 11.7 Å². The fourth-order valence-corrected chi connectivity index (χ4v) is 3.49. The first kappa shape index (κ1) is 21.4. The minimum absolute atomic E-state index is 0.189. The van der Waals surface area contributed by atoms with Crippen LogP contribution in [0.1, 0.15) is 46.5 Å².